The van der Waals surface area contributed by atoms with Crippen molar-refractivity contribution in [3.05, 3.63) is 276 Å². The largest absolute Gasteiger partial charge is 0.326 e. The quantitative estimate of drug-likeness (QED) is 0.179. The van der Waals surface area contributed by atoms with Crippen LogP contribution in [0.5, 0.6) is 0 Å². The normalized spacial score (nSPS) is 11.8. The molecule has 1 heteroatoms. The van der Waals surface area contributed by atoms with Crippen LogP contribution < -0.4 is 5.73 Å². The fourth-order valence-corrected chi connectivity index (χ4v) is 8.27. The number of hydrogen-bond acceptors (Lipinski definition) is 1. The van der Waals surface area contributed by atoms with Crippen LogP contribution in [0.4, 0.5) is 0 Å². The Bertz CT molecular complexity index is 2680. The average Bonchev–Trinajstić information content (AvgIpc) is 3.61. The van der Waals surface area contributed by atoms with Gasteiger partial charge in [-0.2, -0.15) is 0 Å². The Balaban J connectivity index is 0.000000197. The zero-order chi connectivity index (χ0) is 40.4. The van der Waals surface area contributed by atoms with Crippen LogP contribution in [0.15, 0.2) is 237 Å². The SMILES string of the molecule is Cc1ccc(-c2ccccc2)cc1.Cc1ccccc1.NCc1cccc(-c2ccc(-c3ccc4c(c3)C(c3ccccc3)(c3ccccc3)c3ccccc3-4)cc2)c1. The van der Waals surface area contributed by atoms with Gasteiger partial charge in [0.15, 0.2) is 0 Å². The molecule has 2 N–H and O–H groups in total. The van der Waals surface area contributed by atoms with Crippen molar-refractivity contribution in [2.24, 2.45) is 5.73 Å². The van der Waals surface area contributed by atoms with Crippen LogP contribution in [0.1, 0.15) is 38.9 Å². The highest BCUT2D eigenvalue weighted by atomic mass is 14.5. The van der Waals surface area contributed by atoms with Crippen LogP contribution in [0.25, 0.3) is 44.5 Å². The minimum Gasteiger partial charge on any atom is -0.326 e. The lowest BCUT2D eigenvalue weighted by Gasteiger charge is -2.34. The first-order valence-corrected chi connectivity index (χ1v) is 20.4. The van der Waals surface area contributed by atoms with E-state index in [1.807, 2.05) is 24.3 Å². The fourth-order valence-electron chi connectivity index (χ4n) is 8.27. The van der Waals surface area contributed by atoms with Crippen LogP contribution in [0.2, 0.25) is 0 Å². The molecule has 1 nitrogen and oxygen atoms in total. The molecule has 0 unspecified atom stereocenters. The third kappa shape index (κ3) is 8.34. The van der Waals surface area contributed by atoms with E-state index >= 15 is 0 Å². The molecule has 9 aromatic carbocycles. The molecule has 0 saturated heterocycles. The predicted octanol–water partition coefficient (Wildman–Crippen LogP) is 14.5. The molecule has 0 amide bonds. The first-order chi connectivity index (χ1) is 29.0. The molecular formula is C58H49N. The summed E-state index contributed by atoms with van der Waals surface area (Å²) < 4.78 is 0. The molecule has 286 valence electrons. The summed E-state index contributed by atoms with van der Waals surface area (Å²) in [6, 6.07) is 84.5. The lowest BCUT2D eigenvalue weighted by atomic mass is 9.67. The molecule has 0 heterocycles. The summed E-state index contributed by atoms with van der Waals surface area (Å²) >= 11 is 0. The minimum atomic E-state index is -0.382. The Kier molecular flexibility index (Phi) is 11.9. The van der Waals surface area contributed by atoms with Crippen LogP contribution in [-0.2, 0) is 12.0 Å². The second-order valence-electron chi connectivity index (χ2n) is 15.2. The van der Waals surface area contributed by atoms with E-state index in [1.165, 1.54) is 77.9 Å². The number of benzene rings is 9. The second kappa shape index (κ2) is 18.0. The van der Waals surface area contributed by atoms with Crippen molar-refractivity contribution >= 4 is 0 Å². The van der Waals surface area contributed by atoms with E-state index in [-0.39, 0.29) is 5.41 Å². The summed E-state index contributed by atoms with van der Waals surface area (Å²) in [5, 5.41) is 0. The molecule has 9 aromatic rings. The van der Waals surface area contributed by atoms with Gasteiger partial charge in [0.1, 0.15) is 0 Å². The van der Waals surface area contributed by atoms with Crippen molar-refractivity contribution in [1.29, 1.82) is 0 Å². The molecule has 0 aromatic heterocycles. The van der Waals surface area contributed by atoms with Gasteiger partial charge in [0.25, 0.3) is 0 Å². The van der Waals surface area contributed by atoms with Crippen LogP contribution in [0, 0.1) is 13.8 Å². The first kappa shape index (κ1) is 38.8. The lowest BCUT2D eigenvalue weighted by molar-refractivity contribution is 0.769. The minimum absolute atomic E-state index is 0.382. The van der Waals surface area contributed by atoms with Gasteiger partial charge in [-0.3, -0.25) is 0 Å². The Labute approximate surface area is 350 Å². The molecule has 59 heavy (non-hydrogen) atoms. The molecule has 0 radical (unpaired) electrons. The summed E-state index contributed by atoms with van der Waals surface area (Å²) in [4.78, 5) is 0. The zero-order valence-electron chi connectivity index (χ0n) is 33.8. The average molecular weight is 760 g/mol. The maximum absolute atomic E-state index is 5.88. The highest BCUT2D eigenvalue weighted by Gasteiger charge is 2.46. The molecule has 1 aliphatic rings. The number of aryl methyl sites for hydroxylation is 2. The highest BCUT2D eigenvalue weighted by molar-refractivity contribution is 5.88. The van der Waals surface area contributed by atoms with Crippen molar-refractivity contribution in [2.45, 2.75) is 25.8 Å². The predicted molar refractivity (Wildman–Crippen MR) is 250 cm³/mol. The van der Waals surface area contributed by atoms with E-state index in [9.17, 15) is 0 Å². The number of rotatable bonds is 6. The van der Waals surface area contributed by atoms with Crippen LogP contribution in [-0.4, -0.2) is 0 Å². The third-order valence-electron chi connectivity index (χ3n) is 11.3. The number of fused-ring (bicyclic) bond motifs is 3. The standard InChI is InChI=1S/C38H29N.C13H12.C7H8/c39-26-27-10-9-11-30(24-27)28-18-20-29(21-19-28)31-22-23-35-34-16-7-8-17-36(34)38(37(35)25-31,32-12-3-1-4-13-32)33-14-5-2-6-15-33;1-11-7-9-13(10-8-11)12-5-3-2-4-6-12;1-7-5-3-2-4-6-7/h1-25H,26,39H2;2-10H,1H3;2-6H,1H3. The van der Waals surface area contributed by atoms with E-state index < -0.39 is 0 Å². The van der Waals surface area contributed by atoms with Gasteiger partial charge in [0.05, 0.1) is 5.41 Å². The van der Waals surface area contributed by atoms with E-state index in [4.69, 9.17) is 5.73 Å². The van der Waals surface area contributed by atoms with Crippen molar-refractivity contribution in [3.63, 3.8) is 0 Å². The summed E-state index contributed by atoms with van der Waals surface area (Å²) in [7, 11) is 0. The van der Waals surface area contributed by atoms with Crippen molar-refractivity contribution in [3.8, 4) is 44.5 Å². The van der Waals surface area contributed by atoms with Crippen LogP contribution in [0.3, 0.4) is 0 Å². The van der Waals surface area contributed by atoms with Gasteiger partial charge >= 0.3 is 0 Å². The molecule has 0 bridgehead atoms. The second-order valence-corrected chi connectivity index (χ2v) is 15.2. The molecule has 1 aliphatic carbocycles. The molecule has 0 fully saturated rings. The molecular weight excluding hydrogens is 711 g/mol. The van der Waals surface area contributed by atoms with Crippen molar-refractivity contribution in [1.82, 2.24) is 0 Å². The molecule has 0 saturated carbocycles. The summed E-state index contributed by atoms with van der Waals surface area (Å²) in [6.45, 7) is 4.74. The fraction of sp³-hybridized carbons (Fsp3) is 0.0690. The smallest absolute Gasteiger partial charge is 0.0713 e. The monoisotopic (exact) mass is 759 g/mol. The Morgan fingerprint density at radius 2 is 0.729 bits per heavy atom. The van der Waals surface area contributed by atoms with Gasteiger partial charge in [-0.25, -0.2) is 0 Å². The summed E-state index contributed by atoms with van der Waals surface area (Å²) in [5.41, 5.74) is 24.5. The maximum atomic E-state index is 5.88. The number of nitrogens with two attached hydrogens (primary N) is 1. The molecule has 0 aliphatic heterocycles. The lowest BCUT2D eigenvalue weighted by Crippen LogP contribution is -2.28. The van der Waals surface area contributed by atoms with Gasteiger partial charge in [-0.05, 0) is 98.3 Å². The molecule has 0 spiro atoms. The van der Waals surface area contributed by atoms with Crippen LogP contribution >= 0.6 is 0 Å². The topological polar surface area (TPSA) is 26.0 Å². The van der Waals surface area contributed by atoms with Gasteiger partial charge in [0, 0.05) is 6.54 Å². The first-order valence-electron chi connectivity index (χ1n) is 20.4. The third-order valence-corrected chi connectivity index (χ3v) is 11.3. The summed E-state index contributed by atoms with van der Waals surface area (Å²) in [5.74, 6) is 0. The van der Waals surface area contributed by atoms with Gasteiger partial charge in [-0.15, -0.1) is 0 Å². The van der Waals surface area contributed by atoms with Gasteiger partial charge in [-0.1, -0.05) is 236 Å². The zero-order valence-corrected chi connectivity index (χ0v) is 33.8. The Morgan fingerprint density at radius 1 is 0.322 bits per heavy atom. The van der Waals surface area contributed by atoms with Gasteiger partial charge in [0.2, 0.25) is 0 Å². The molecule has 0 atom stereocenters. The molecule has 10 rings (SSSR count). The van der Waals surface area contributed by atoms with Crippen molar-refractivity contribution in [2.75, 3.05) is 0 Å². The van der Waals surface area contributed by atoms with E-state index in [2.05, 4.69) is 226 Å². The van der Waals surface area contributed by atoms with E-state index in [0.29, 0.717) is 6.54 Å². The Morgan fingerprint density at radius 3 is 1.29 bits per heavy atom. The Hall–Kier alpha value is -7.06. The van der Waals surface area contributed by atoms with Crippen molar-refractivity contribution < 1.29 is 0 Å². The maximum Gasteiger partial charge on any atom is 0.0713 e. The number of hydrogen-bond donors (Lipinski definition) is 1. The summed E-state index contributed by atoms with van der Waals surface area (Å²) in [6.07, 6.45) is 0. The highest BCUT2D eigenvalue weighted by Crippen LogP contribution is 2.56. The van der Waals surface area contributed by atoms with Gasteiger partial charge < -0.3 is 5.73 Å². The van der Waals surface area contributed by atoms with E-state index in [0.717, 1.165) is 5.56 Å². The van der Waals surface area contributed by atoms with E-state index in [1.54, 1.807) is 0 Å².